The number of fused-ring (bicyclic) bond motifs is 3. The Morgan fingerprint density at radius 3 is 2.85 bits per heavy atom. The molecule has 27 heavy (non-hydrogen) atoms. The van der Waals surface area contributed by atoms with Gasteiger partial charge in [0.1, 0.15) is 22.5 Å². The maximum Gasteiger partial charge on any atom is 0.240 e. The maximum atomic E-state index is 12.0. The van der Waals surface area contributed by atoms with Gasteiger partial charge in [0.15, 0.2) is 0 Å². The molecule has 4 heterocycles. The second kappa shape index (κ2) is 7.00. The van der Waals surface area contributed by atoms with Gasteiger partial charge < -0.3 is 15.4 Å². The first-order valence-corrected chi connectivity index (χ1v) is 10.7. The van der Waals surface area contributed by atoms with Crippen molar-refractivity contribution in [2.45, 2.75) is 44.7 Å². The van der Waals surface area contributed by atoms with Gasteiger partial charge in [-0.1, -0.05) is 0 Å². The van der Waals surface area contributed by atoms with Crippen molar-refractivity contribution in [3.8, 4) is 0 Å². The number of carbonyl (C=O) groups excluding carboxylic acids is 1. The number of carbonyl (C=O) groups is 1. The van der Waals surface area contributed by atoms with E-state index in [-0.39, 0.29) is 11.9 Å². The summed E-state index contributed by atoms with van der Waals surface area (Å²) < 4.78 is 5.45. The summed E-state index contributed by atoms with van der Waals surface area (Å²) in [6.07, 6.45) is 5.21. The Morgan fingerprint density at radius 1 is 1.19 bits per heavy atom. The fourth-order valence-corrected chi connectivity index (χ4v) is 5.85. The molecule has 2 N–H and O–H groups in total. The molecule has 2 aromatic rings. The van der Waals surface area contributed by atoms with Crippen molar-refractivity contribution in [2.75, 3.05) is 37.7 Å². The van der Waals surface area contributed by atoms with Crippen molar-refractivity contribution >= 4 is 33.3 Å². The molecular weight excluding hydrogens is 362 g/mol. The minimum Gasteiger partial charge on any atom is -0.379 e. The lowest BCUT2D eigenvalue weighted by atomic mass is 10.1. The highest BCUT2D eigenvalue weighted by Crippen LogP contribution is 2.42. The average molecular weight is 388 g/mol. The van der Waals surface area contributed by atoms with Crippen LogP contribution in [0, 0.1) is 0 Å². The summed E-state index contributed by atoms with van der Waals surface area (Å²) in [5.74, 6) is 1.53. The van der Waals surface area contributed by atoms with E-state index in [0.717, 1.165) is 81.5 Å². The third kappa shape index (κ3) is 3.09. The minimum atomic E-state index is -0.253. The summed E-state index contributed by atoms with van der Waals surface area (Å²) in [5.41, 5.74) is 7.10. The fourth-order valence-electron chi connectivity index (χ4n) is 4.57. The number of hydrogen-bond donors (Lipinski definition) is 1. The van der Waals surface area contributed by atoms with Crippen molar-refractivity contribution in [3.63, 3.8) is 0 Å². The van der Waals surface area contributed by atoms with Crippen molar-refractivity contribution < 1.29 is 9.53 Å². The van der Waals surface area contributed by atoms with Crippen LogP contribution < -0.4 is 10.6 Å². The summed E-state index contributed by atoms with van der Waals surface area (Å²) in [6, 6.07) is -0.253. The molecule has 2 saturated heterocycles. The number of nitrogens with two attached hydrogens (primary N) is 1. The van der Waals surface area contributed by atoms with Gasteiger partial charge >= 0.3 is 0 Å². The highest BCUT2D eigenvalue weighted by molar-refractivity contribution is 7.19. The highest BCUT2D eigenvalue weighted by Gasteiger charge is 2.33. The average Bonchev–Trinajstić information content (AvgIpc) is 3.37. The molecule has 0 radical (unpaired) electrons. The second-order valence-electron chi connectivity index (χ2n) is 7.64. The molecular formula is C19H25N5O2S. The standard InChI is InChI=1S/C19H25N5O2S/c20-17(25)13-4-2-6-24(13)18-16-12-3-1-5-14(12)27-19(16)22-15(21-18)11-23-7-9-26-10-8-23/h13H,1-11H2,(H2,20,25)/t13-/m1/s1. The smallest absolute Gasteiger partial charge is 0.240 e. The third-order valence-corrected chi connectivity index (χ3v) is 7.10. The number of aryl methyl sites for hydroxylation is 2. The number of anilines is 1. The Labute approximate surface area is 162 Å². The monoisotopic (exact) mass is 387 g/mol. The molecule has 2 fully saturated rings. The fraction of sp³-hybridized carbons (Fsp3) is 0.632. The predicted octanol–water partition coefficient (Wildman–Crippen LogP) is 1.47. The molecule has 7 nitrogen and oxygen atoms in total. The molecule has 2 aliphatic heterocycles. The topological polar surface area (TPSA) is 84.6 Å². The second-order valence-corrected chi connectivity index (χ2v) is 8.73. The number of aromatic nitrogens is 2. The van der Waals surface area contributed by atoms with Crippen molar-refractivity contribution in [1.82, 2.24) is 14.9 Å². The van der Waals surface area contributed by atoms with Crippen molar-refractivity contribution in [2.24, 2.45) is 5.73 Å². The molecule has 2 aromatic heterocycles. The van der Waals surface area contributed by atoms with Crippen molar-refractivity contribution in [3.05, 3.63) is 16.3 Å². The van der Waals surface area contributed by atoms with E-state index in [1.165, 1.54) is 22.2 Å². The molecule has 0 bridgehead atoms. The Balaban J connectivity index is 1.58. The van der Waals surface area contributed by atoms with E-state index in [9.17, 15) is 4.79 Å². The summed E-state index contributed by atoms with van der Waals surface area (Å²) >= 11 is 1.81. The zero-order chi connectivity index (χ0) is 18.4. The van der Waals surface area contributed by atoms with Gasteiger partial charge in [0, 0.05) is 24.5 Å². The van der Waals surface area contributed by atoms with Crippen LogP contribution in [0.1, 0.15) is 35.5 Å². The van der Waals surface area contributed by atoms with Gasteiger partial charge in [0.05, 0.1) is 25.1 Å². The van der Waals surface area contributed by atoms with Crippen LogP contribution in [0.5, 0.6) is 0 Å². The van der Waals surface area contributed by atoms with E-state index in [1.807, 2.05) is 11.3 Å². The zero-order valence-corrected chi connectivity index (χ0v) is 16.3. The van der Waals surface area contributed by atoms with Gasteiger partial charge in [-0.25, -0.2) is 9.97 Å². The molecule has 144 valence electrons. The summed E-state index contributed by atoms with van der Waals surface area (Å²) in [6.45, 7) is 4.90. The number of morpholine rings is 1. The number of primary amides is 1. The Bertz CT molecular complexity index is 877. The largest absolute Gasteiger partial charge is 0.379 e. The summed E-state index contributed by atoms with van der Waals surface area (Å²) in [7, 11) is 0. The van der Waals surface area contributed by atoms with Crippen LogP contribution in [-0.4, -0.2) is 59.7 Å². The van der Waals surface area contributed by atoms with Crippen LogP contribution in [0.2, 0.25) is 0 Å². The first-order chi connectivity index (χ1) is 13.2. The number of hydrogen-bond acceptors (Lipinski definition) is 7. The van der Waals surface area contributed by atoms with E-state index in [2.05, 4.69) is 9.80 Å². The van der Waals surface area contributed by atoms with E-state index < -0.39 is 0 Å². The first-order valence-electron chi connectivity index (χ1n) is 9.88. The van der Waals surface area contributed by atoms with Gasteiger partial charge in [-0.15, -0.1) is 11.3 Å². The molecule has 1 aliphatic carbocycles. The lowest BCUT2D eigenvalue weighted by molar-refractivity contribution is -0.119. The number of nitrogens with zero attached hydrogens (tertiary/aromatic N) is 4. The van der Waals surface area contributed by atoms with Gasteiger partial charge in [-0.2, -0.15) is 0 Å². The van der Waals surface area contributed by atoms with Crippen LogP contribution in [0.3, 0.4) is 0 Å². The van der Waals surface area contributed by atoms with E-state index in [1.54, 1.807) is 0 Å². The van der Waals surface area contributed by atoms with Crippen LogP contribution in [0.4, 0.5) is 5.82 Å². The molecule has 5 rings (SSSR count). The number of amides is 1. The Hall–Kier alpha value is -1.77. The molecule has 0 spiro atoms. The van der Waals surface area contributed by atoms with Gasteiger partial charge in [-0.05, 0) is 37.7 Å². The van der Waals surface area contributed by atoms with Crippen LogP contribution >= 0.6 is 11.3 Å². The lowest BCUT2D eigenvalue weighted by Gasteiger charge is -2.27. The molecule has 0 saturated carbocycles. The number of ether oxygens (including phenoxy) is 1. The van der Waals surface area contributed by atoms with E-state index >= 15 is 0 Å². The Kier molecular flexibility index (Phi) is 4.49. The minimum absolute atomic E-state index is 0.249. The number of rotatable bonds is 4. The molecule has 8 heteroatoms. The molecule has 1 amide bonds. The maximum absolute atomic E-state index is 12.0. The SMILES string of the molecule is NC(=O)[C@H]1CCCN1c1nc(CN2CCOCC2)nc2sc3c(c12)CCC3. The predicted molar refractivity (Wildman–Crippen MR) is 105 cm³/mol. The zero-order valence-electron chi connectivity index (χ0n) is 15.4. The highest BCUT2D eigenvalue weighted by atomic mass is 32.1. The third-order valence-electron chi connectivity index (χ3n) is 5.91. The Morgan fingerprint density at radius 2 is 2.04 bits per heavy atom. The van der Waals surface area contributed by atoms with Crippen LogP contribution in [0.25, 0.3) is 10.2 Å². The summed E-state index contributed by atoms with van der Waals surface area (Å²) in [5, 5.41) is 1.17. The van der Waals surface area contributed by atoms with Crippen LogP contribution in [0.15, 0.2) is 0 Å². The molecule has 0 unspecified atom stereocenters. The van der Waals surface area contributed by atoms with Gasteiger partial charge in [-0.3, -0.25) is 9.69 Å². The molecule has 0 aromatic carbocycles. The van der Waals surface area contributed by atoms with E-state index in [0.29, 0.717) is 0 Å². The number of thiophene rings is 1. The lowest BCUT2D eigenvalue weighted by Crippen LogP contribution is -2.41. The van der Waals surface area contributed by atoms with E-state index in [4.69, 9.17) is 20.4 Å². The van der Waals surface area contributed by atoms with Crippen molar-refractivity contribution in [1.29, 1.82) is 0 Å². The quantitative estimate of drug-likeness (QED) is 0.855. The van der Waals surface area contributed by atoms with Gasteiger partial charge in [0.25, 0.3) is 0 Å². The normalized spacial score (nSPS) is 23.3. The van der Waals surface area contributed by atoms with Crippen LogP contribution in [-0.2, 0) is 28.9 Å². The molecule has 1 atom stereocenters. The first kappa shape index (κ1) is 17.3. The molecule has 3 aliphatic rings. The van der Waals surface area contributed by atoms with Gasteiger partial charge in [0.2, 0.25) is 5.91 Å². The summed E-state index contributed by atoms with van der Waals surface area (Å²) in [4.78, 5) is 28.9.